The van der Waals surface area contributed by atoms with Gasteiger partial charge in [-0.1, -0.05) is 55.8 Å². The van der Waals surface area contributed by atoms with E-state index in [9.17, 15) is 4.79 Å². The lowest BCUT2D eigenvalue weighted by molar-refractivity contribution is -0.0301. The Morgan fingerprint density at radius 1 is 1.15 bits per heavy atom. The minimum Gasteiger partial charge on any atom is -0.371 e. The molecule has 0 saturated carbocycles. The Balaban J connectivity index is 1.38. The quantitative estimate of drug-likeness (QED) is 0.722. The van der Waals surface area contributed by atoms with E-state index in [2.05, 4.69) is 53.5 Å². The van der Waals surface area contributed by atoms with Crippen molar-refractivity contribution in [1.82, 2.24) is 10.2 Å². The van der Waals surface area contributed by atoms with Crippen molar-refractivity contribution in [2.24, 2.45) is 0 Å². The molecule has 0 aliphatic carbocycles. The number of ether oxygens (including phenoxy) is 1. The lowest BCUT2D eigenvalue weighted by Gasteiger charge is -2.33. The molecule has 1 N–H and O–H groups in total. The molecule has 0 spiro atoms. The van der Waals surface area contributed by atoms with Crippen molar-refractivity contribution in [3.8, 4) is 0 Å². The Morgan fingerprint density at radius 2 is 1.93 bits per heavy atom. The molecule has 1 atom stereocenters. The van der Waals surface area contributed by atoms with E-state index < -0.39 is 0 Å². The highest BCUT2D eigenvalue weighted by Gasteiger charge is 2.21. The van der Waals surface area contributed by atoms with E-state index in [1.807, 2.05) is 18.2 Å². The fraction of sp³-hybridized carbons (Fsp3) is 0.435. The van der Waals surface area contributed by atoms with Gasteiger partial charge in [0.1, 0.15) is 0 Å². The van der Waals surface area contributed by atoms with E-state index >= 15 is 0 Å². The standard InChI is InChI=1S/C23H30N2O2/c1-2-7-19-10-12-21(13-11-19)23(26)24-14-6-15-25-16-17-27-22(18-25)20-8-4-3-5-9-20/h3-5,8-13,22H,2,6-7,14-18H2,1H3,(H,24,26). The molecule has 1 saturated heterocycles. The number of benzene rings is 2. The van der Waals surface area contributed by atoms with Crippen LogP contribution < -0.4 is 5.32 Å². The van der Waals surface area contributed by atoms with Gasteiger partial charge in [-0.3, -0.25) is 9.69 Å². The monoisotopic (exact) mass is 366 g/mol. The minimum atomic E-state index is 0.0159. The molecular weight excluding hydrogens is 336 g/mol. The number of hydrogen-bond donors (Lipinski definition) is 1. The number of morpholine rings is 1. The van der Waals surface area contributed by atoms with Crippen LogP contribution in [0.3, 0.4) is 0 Å². The van der Waals surface area contributed by atoms with Crippen molar-refractivity contribution in [2.75, 3.05) is 32.8 Å². The zero-order valence-corrected chi connectivity index (χ0v) is 16.2. The molecule has 4 nitrogen and oxygen atoms in total. The van der Waals surface area contributed by atoms with Gasteiger partial charge < -0.3 is 10.1 Å². The van der Waals surface area contributed by atoms with Gasteiger partial charge in [0.15, 0.2) is 0 Å². The van der Waals surface area contributed by atoms with Gasteiger partial charge in [-0.2, -0.15) is 0 Å². The first kappa shape index (κ1) is 19.6. The van der Waals surface area contributed by atoms with Crippen LogP contribution in [0.1, 0.15) is 47.4 Å². The molecule has 0 bridgehead atoms. The van der Waals surface area contributed by atoms with Gasteiger partial charge in [0.2, 0.25) is 0 Å². The maximum Gasteiger partial charge on any atom is 0.251 e. The van der Waals surface area contributed by atoms with Crippen molar-refractivity contribution >= 4 is 5.91 Å². The second kappa shape index (κ2) is 10.2. The first-order valence-corrected chi connectivity index (χ1v) is 10.0. The number of carbonyl (C=O) groups is 1. The molecule has 0 radical (unpaired) electrons. The van der Waals surface area contributed by atoms with E-state index in [4.69, 9.17) is 4.74 Å². The Bertz CT molecular complexity index is 700. The lowest BCUT2D eigenvalue weighted by atomic mass is 10.1. The summed E-state index contributed by atoms with van der Waals surface area (Å²) in [6.45, 7) is 6.46. The second-order valence-corrected chi connectivity index (χ2v) is 7.13. The van der Waals surface area contributed by atoms with Gasteiger partial charge in [0, 0.05) is 31.7 Å². The Labute approximate surface area is 162 Å². The summed E-state index contributed by atoms with van der Waals surface area (Å²) in [6.07, 6.45) is 3.28. The first-order valence-electron chi connectivity index (χ1n) is 10.0. The van der Waals surface area contributed by atoms with E-state index in [1.54, 1.807) is 0 Å². The summed E-state index contributed by atoms with van der Waals surface area (Å²) in [5, 5.41) is 3.04. The van der Waals surface area contributed by atoms with E-state index in [-0.39, 0.29) is 12.0 Å². The Kier molecular flexibility index (Phi) is 7.43. The van der Waals surface area contributed by atoms with Crippen molar-refractivity contribution in [3.63, 3.8) is 0 Å². The number of amides is 1. The minimum absolute atomic E-state index is 0.0159. The third-order valence-corrected chi connectivity index (χ3v) is 5.01. The van der Waals surface area contributed by atoms with E-state index in [1.165, 1.54) is 11.1 Å². The Morgan fingerprint density at radius 3 is 2.67 bits per heavy atom. The molecule has 2 aromatic carbocycles. The maximum absolute atomic E-state index is 12.3. The normalized spacial score (nSPS) is 17.6. The number of rotatable bonds is 8. The highest BCUT2D eigenvalue weighted by atomic mass is 16.5. The van der Waals surface area contributed by atoms with Crippen LogP contribution in [-0.4, -0.2) is 43.6 Å². The number of carbonyl (C=O) groups excluding carboxylic acids is 1. The summed E-state index contributed by atoms with van der Waals surface area (Å²) in [4.78, 5) is 14.7. The number of hydrogen-bond acceptors (Lipinski definition) is 3. The van der Waals surface area contributed by atoms with Gasteiger partial charge in [-0.15, -0.1) is 0 Å². The molecule has 2 aromatic rings. The zero-order chi connectivity index (χ0) is 18.9. The van der Waals surface area contributed by atoms with Gasteiger partial charge in [0.05, 0.1) is 12.7 Å². The van der Waals surface area contributed by atoms with Crippen LogP contribution in [0.2, 0.25) is 0 Å². The van der Waals surface area contributed by atoms with Crippen LogP contribution in [0.15, 0.2) is 54.6 Å². The largest absolute Gasteiger partial charge is 0.371 e. The highest BCUT2D eigenvalue weighted by molar-refractivity contribution is 5.94. The summed E-state index contributed by atoms with van der Waals surface area (Å²) in [6, 6.07) is 18.3. The molecule has 1 fully saturated rings. The molecule has 27 heavy (non-hydrogen) atoms. The molecule has 1 amide bonds. The van der Waals surface area contributed by atoms with Crippen LogP contribution in [0.4, 0.5) is 0 Å². The smallest absolute Gasteiger partial charge is 0.251 e. The average molecular weight is 367 g/mol. The van der Waals surface area contributed by atoms with Crippen molar-refractivity contribution in [2.45, 2.75) is 32.3 Å². The van der Waals surface area contributed by atoms with Crippen LogP contribution in [-0.2, 0) is 11.2 Å². The predicted molar refractivity (Wildman–Crippen MR) is 109 cm³/mol. The third-order valence-electron chi connectivity index (χ3n) is 5.01. The van der Waals surface area contributed by atoms with Crippen LogP contribution in [0, 0.1) is 0 Å². The summed E-state index contributed by atoms with van der Waals surface area (Å²) < 4.78 is 5.91. The third kappa shape index (κ3) is 5.91. The number of nitrogens with zero attached hydrogens (tertiary/aromatic N) is 1. The van der Waals surface area contributed by atoms with Crippen molar-refractivity contribution in [1.29, 1.82) is 0 Å². The van der Waals surface area contributed by atoms with E-state index in [0.717, 1.165) is 51.1 Å². The van der Waals surface area contributed by atoms with Gasteiger partial charge in [0.25, 0.3) is 5.91 Å². The van der Waals surface area contributed by atoms with Crippen LogP contribution in [0.25, 0.3) is 0 Å². The summed E-state index contributed by atoms with van der Waals surface area (Å²) in [5.41, 5.74) is 3.27. The fourth-order valence-electron chi connectivity index (χ4n) is 3.49. The molecular formula is C23H30N2O2. The zero-order valence-electron chi connectivity index (χ0n) is 16.2. The lowest BCUT2D eigenvalue weighted by Crippen LogP contribution is -2.39. The van der Waals surface area contributed by atoms with Crippen molar-refractivity contribution < 1.29 is 9.53 Å². The molecule has 144 valence electrons. The molecule has 0 aromatic heterocycles. The first-order chi connectivity index (χ1) is 13.3. The van der Waals surface area contributed by atoms with Gasteiger partial charge in [-0.25, -0.2) is 0 Å². The molecule has 4 heteroatoms. The van der Waals surface area contributed by atoms with Gasteiger partial charge >= 0.3 is 0 Å². The highest BCUT2D eigenvalue weighted by Crippen LogP contribution is 2.21. The molecule has 1 heterocycles. The number of nitrogens with one attached hydrogen (secondary N) is 1. The average Bonchev–Trinajstić information content (AvgIpc) is 2.73. The topological polar surface area (TPSA) is 41.6 Å². The molecule has 1 aliphatic heterocycles. The van der Waals surface area contributed by atoms with Gasteiger partial charge in [-0.05, 0) is 36.1 Å². The van der Waals surface area contributed by atoms with E-state index in [0.29, 0.717) is 6.54 Å². The summed E-state index contributed by atoms with van der Waals surface area (Å²) in [7, 11) is 0. The molecule has 1 aliphatic rings. The molecule has 3 rings (SSSR count). The number of aryl methyl sites for hydroxylation is 1. The fourth-order valence-corrected chi connectivity index (χ4v) is 3.49. The Hall–Kier alpha value is -2.17. The van der Waals surface area contributed by atoms with Crippen LogP contribution >= 0.6 is 0 Å². The SMILES string of the molecule is CCCc1ccc(C(=O)NCCCN2CCOC(c3ccccc3)C2)cc1. The molecule has 1 unspecified atom stereocenters. The summed E-state index contributed by atoms with van der Waals surface area (Å²) in [5.74, 6) is 0.0159. The maximum atomic E-state index is 12.3. The summed E-state index contributed by atoms with van der Waals surface area (Å²) >= 11 is 0. The predicted octanol–water partition coefficient (Wildman–Crippen LogP) is 3.83. The second-order valence-electron chi connectivity index (χ2n) is 7.13. The van der Waals surface area contributed by atoms with Crippen molar-refractivity contribution in [3.05, 3.63) is 71.3 Å². The van der Waals surface area contributed by atoms with Crippen LogP contribution in [0.5, 0.6) is 0 Å².